The van der Waals surface area contributed by atoms with Crippen molar-refractivity contribution < 1.29 is 29.0 Å². The first-order chi connectivity index (χ1) is 18.0. The number of carbonyl (C=O) groups excluding carboxylic acids is 2. The van der Waals surface area contributed by atoms with Gasteiger partial charge in [-0.3, -0.25) is 0 Å². The highest BCUT2D eigenvalue weighted by molar-refractivity contribution is 5.81. The Morgan fingerprint density at radius 2 is 1.47 bits per heavy atom. The van der Waals surface area contributed by atoms with Crippen LogP contribution in [0.2, 0.25) is 0 Å². The summed E-state index contributed by atoms with van der Waals surface area (Å²) in [5.74, 6) is -1.86. The van der Waals surface area contributed by atoms with E-state index in [0.717, 1.165) is 22.3 Å². The molecule has 8 heteroatoms. The van der Waals surface area contributed by atoms with Gasteiger partial charge < -0.3 is 25.6 Å². The molecule has 0 aromatic heterocycles. The number of nitrogens with one attached hydrogen (secondary N) is 1. The second-order valence-corrected chi connectivity index (χ2v) is 10.3. The van der Waals surface area contributed by atoms with E-state index < -0.39 is 35.7 Å². The predicted octanol–water partition coefficient (Wildman–Crippen LogP) is 4.56. The summed E-state index contributed by atoms with van der Waals surface area (Å²) in [6.45, 7) is 5.37. The molecular formula is C30H32N2O6. The Morgan fingerprint density at radius 1 is 0.921 bits per heavy atom. The fourth-order valence-electron chi connectivity index (χ4n) is 4.58. The van der Waals surface area contributed by atoms with Crippen molar-refractivity contribution >= 4 is 18.0 Å². The zero-order valence-electron chi connectivity index (χ0n) is 21.6. The lowest BCUT2D eigenvalue weighted by atomic mass is 9.98. The third kappa shape index (κ3) is 6.20. The van der Waals surface area contributed by atoms with Crippen LogP contribution < -0.4 is 11.1 Å². The van der Waals surface area contributed by atoms with Gasteiger partial charge in [-0.1, -0.05) is 72.8 Å². The fraction of sp³-hybridized carbons (Fsp3) is 0.300. The molecule has 0 saturated heterocycles. The van der Waals surface area contributed by atoms with Crippen molar-refractivity contribution in [1.82, 2.24) is 5.32 Å². The topological polar surface area (TPSA) is 128 Å². The number of carboxylic acids is 1. The average molecular weight is 517 g/mol. The van der Waals surface area contributed by atoms with Gasteiger partial charge >= 0.3 is 18.0 Å². The Morgan fingerprint density at radius 3 is 2.00 bits per heavy atom. The number of aliphatic carboxylic acids is 1. The summed E-state index contributed by atoms with van der Waals surface area (Å²) in [4.78, 5) is 36.7. The zero-order chi connectivity index (χ0) is 27.4. The molecule has 0 aliphatic heterocycles. The molecule has 198 valence electrons. The third-order valence-electron chi connectivity index (χ3n) is 6.37. The van der Waals surface area contributed by atoms with Gasteiger partial charge in [0.15, 0.2) is 0 Å². The first kappa shape index (κ1) is 26.9. The molecule has 3 aromatic carbocycles. The smallest absolute Gasteiger partial charge is 0.407 e. The van der Waals surface area contributed by atoms with E-state index in [-0.39, 0.29) is 18.9 Å². The van der Waals surface area contributed by atoms with Gasteiger partial charge in [-0.2, -0.15) is 0 Å². The molecule has 0 fully saturated rings. The molecule has 2 atom stereocenters. The second-order valence-electron chi connectivity index (χ2n) is 10.3. The normalized spacial score (nSPS) is 14.1. The van der Waals surface area contributed by atoms with Gasteiger partial charge in [0.25, 0.3) is 0 Å². The molecule has 0 radical (unpaired) electrons. The van der Waals surface area contributed by atoms with Crippen molar-refractivity contribution in [3.8, 4) is 11.1 Å². The molecule has 1 amide bonds. The van der Waals surface area contributed by atoms with Crippen LogP contribution in [0.1, 0.15) is 55.0 Å². The van der Waals surface area contributed by atoms with Crippen LogP contribution in [0.15, 0.2) is 72.8 Å². The second kappa shape index (κ2) is 11.1. The highest BCUT2D eigenvalue weighted by Crippen LogP contribution is 2.44. The highest BCUT2D eigenvalue weighted by Gasteiger charge is 2.30. The molecular weight excluding hydrogens is 484 g/mol. The fourth-order valence-corrected chi connectivity index (χ4v) is 4.58. The number of carboxylic acid groups (broad SMARTS) is 1. The Labute approximate surface area is 221 Å². The summed E-state index contributed by atoms with van der Waals surface area (Å²) in [5, 5.41) is 12.2. The lowest BCUT2D eigenvalue weighted by Crippen LogP contribution is -2.42. The monoisotopic (exact) mass is 516 g/mol. The van der Waals surface area contributed by atoms with Crippen LogP contribution in [0.5, 0.6) is 0 Å². The Hall–Kier alpha value is -4.17. The van der Waals surface area contributed by atoms with Crippen molar-refractivity contribution in [2.75, 3.05) is 6.61 Å². The molecule has 38 heavy (non-hydrogen) atoms. The van der Waals surface area contributed by atoms with E-state index in [1.54, 1.807) is 45.0 Å². The van der Waals surface area contributed by atoms with Gasteiger partial charge in [-0.25, -0.2) is 14.4 Å². The molecule has 8 nitrogen and oxygen atoms in total. The molecule has 4 rings (SSSR count). The number of ether oxygens (including phenoxy) is 2. The minimum atomic E-state index is -1.20. The molecule has 1 unspecified atom stereocenters. The Balaban J connectivity index is 1.36. The number of alkyl carbamates (subject to hydrolysis) is 1. The SMILES string of the molecule is CC(C)(C)OC(=O)C(N)c1ccc(C[C@@H](NC(=O)OCC2c3ccccc3-c3ccccc32)C(=O)O)cc1. The van der Waals surface area contributed by atoms with Crippen molar-refractivity contribution in [3.63, 3.8) is 0 Å². The van der Waals surface area contributed by atoms with Gasteiger partial charge in [0.05, 0.1) is 0 Å². The van der Waals surface area contributed by atoms with Crippen LogP contribution in [-0.4, -0.2) is 41.4 Å². The quantitative estimate of drug-likeness (QED) is 0.374. The molecule has 1 aliphatic carbocycles. The van der Waals surface area contributed by atoms with Crippen molar-refractivity contribution in [1.29, 1.82) is 0 Å². The Bertz CT molecular complexity index is 1280. The first-order valence-electron chi connectivity index (χ1n) is 12.4. The van der Waals surface area contributed by atoms with Crippen LogP contribution in [0.3, 0.4) is 0 Å². The van der Waals surface area contributed by atoms with Gasteiger partial charge in [0, 0.05) is 12.3 Å². The van der Waals surface area contributed by atoms with Crippen LogP contribution in [-0.2, 0) is 25.5 Å². The number of hydrogen-bond acceptors (Lipinski definition) is 6. The van der Waals surface area contributed by atoms with Gasteiger partial charge in [0.1, 0.15) is 24.3 Å². The number of fused-ring (bicyclic) bond motifs is 3. The average Bonchev–Trinajstić information content (AvgIpc) is 3.19. The maximum absolute atomic E-state index is 12.6. The zero-order valence-corrected chi connectivity index (χ0v) is 21.6. The number of amides is 1. The van der Waals surface area contributed by atoms with Crippen molar-refractivity contribution in [2.24, 2.45) is 5.73 Å². The van der Waals surface area contributed by atoms with Gasteiger partial charge in [-0.05, 0) is 54.2 Å². The molecule has 4 N–H and O–H groups in total. The third-order valence-corrected chi connectivity index (χ3v) is 6.37. The maximum atomic E-state index is 12.6. The molecule has 3 aromatic rings. The molecule has 0 bridgehead atoms. The van der Waals surface area contributed by atoms with E-state index in [1.807, 2.05) is 48.5 Å². The number of carbonyl (C=O) groups is 3. The number of esters is 1. The highest BCUT2D eigenvalue weighted by atomic mass is 16.6. The summed E-state index contributed by atoms with van der Waals surface area (Å²) in [6.07, 6.45) is -0.774. The minimum Gasteiger partial charge on any atom is -0.480 e. The lowest BCUT2D eigenvalue weighted by Gasteiger charge is -2.22. The summed E-state index contributed by atoms with van der Waals surface area (Å²) in [7, 11) is 0. The van der Waals surface area contributed by atoms with Crippen molar-refractivity contribution in [2.45, 2.75) is 50.8 Å². The number of hydrogen-bond donors (Lipinski definition) is 3. The van der Waals surface area contributed by atoms with Crippen LogP contribution >= 0.6 is 0 Å². The summed E-state index contributed by atoms with van der Waals surface area (Å²) in [6, 6.07) is 20.4. The van der Waals surface area contributed by atoms with E-state index in [9.17, 15) is 19.5 Å². The van der Waals surface area contributed by atoms with E-state index in [4.69, 9.17) is 15.2 Å². The van der Waals surface area contributed by atoms with Crippen molar-refractivity contribution in [3.05, 3.63) is 95.1 Å². The van der Waals surface area contributed by atoms with E-state index in [1.165, 1.54) is 0 Å². The predicted molar refractivity (Wildman–Crippen MR) is 143 cm³/mol. The van der Waals surface area contributed by atoms with Crippen LogP contribution in [0, 0.1) is 0 Å². The maximum Gasteiger partial charge on any atom is 0.407 e. The molecule has 0 saturated carbocycles. The molecule has 0 spiro atoms. The largest absolute Gasteiger partial charge is 0.480 e. The van der Waals surface area contributed by atoms with Crippen LogP contribution in [0.4, 0.5) is 4.79 Å². The van der Waals surface area contributed by atoms with E-state index in [0.29, 0.717) is 11.1 Å². The van der Waals surface area contributed by atoms with E-state index in [2.05, 4.69) is 5.32 Å². The lowest BCUT2D eigenvalue weighted by molar-refractivity contribution is -0.156. The first-order valence-corrected chi connectivity index (χ1v) is 12.4. The summed E-state index contributed by atoms with van der Waals surface area (Å²) < 4.78 is 10.8. The summed E-state index contributed by atoms with van der Waals surface area (Å²) in [5.41, 5.74) is 10.9. The van der Waals surface area contributed by atoms with Gasteiger partial charge in [-0.15, -0.1) is 0 Å². The van der Waals surface area contributed by atoms with E-state index >= 15 is 0 Å². The number of rotatable bonds is 8. The number of benzene rings is 3. The Kier molecular flexibility index (Phi) is 7.83. The minimum absolute atomic E-state index is 0.0293. The molecule has 0 heterocycles. The standard InChI is InChI=1S/C30H32N2O6/c1-30(2,3)38-28(35)26(31)19-14-12-18(13-15-19)16-25(27(33)34)32-29(36)37-17-24-22-10-6-4-8-20(22)21-9-5-7-11-23(21)24/h4-15,24-26H,16-17,31H2,1-3H3,(H,32,36)(H,33,34)/t25-,26?/m1/s1. The van der Waals surface area contributed by atoms with Crippen LogP contribution in [0.25, 0.3) is 11.1 Å². The summed E-state index contributed by atoms with van der Waals surface area (Å²) >= 11 is 0. The van der Waals surface area contributed by atoms with Gasteiger partial charge in [0.2, 0.25) is 0 Å². The molecule has 1 aliphatic rings. The number of nitrogens with two attached hydrogens (primary N) is 1.